The lowest BCUT2D eigenvalue weighted by atomic mass is 9.81. The van der Waals surface area contributed by atoms with Crippen LogP contribution in [-0.4, -0.2) is 195 Å². The number of hydrogen-bond acceptors (Lipinski definition) is 17. The molecule has 0 aliphatic carbocycles. The molecule has 280 valence electrons. The minimum Gasteiger partial charge on any atom is -0.394 e. The molecule has 16 N–H and O–H groups in total. The SMILES string of the molecule is OCC(O)CC(=CC(CC(O)CO)(CC(O)CO)OC(C=C(CC(O)CO)CC(O)CO)(CC(O)CO)CC(O)CO)CC(O)CO. The van der Waals surface area contributed by atoms with Crippen LogP contribution in [0.3, 0.4) is 0 Å². The van der Waals surface area contributed by atoms with Crippen LogP contribution >= 0.6 is 0 Å². The van der Waals surface area contributed by atoms with Gasteiger partial charge in [0.05, 0.1) is 113 Å². The van der Waals surface area contributed by atoms with Crippen molar-refractivity contribution < 1.29 is 86.4 Å². The van der Waals surface area contributed by atoms with Gasteiger partial charge in [0.15, 0.2) is 0 Å². The molecule has 47 heavy (non-hydrogen) atoms. The van der Waals surface area contributed by atoms with Gasteiger partial charge in [-0.3, -0.25) is 0 Å². The predicted molar refractivity (Wildman–Crippen MR) is 164 cm³/mol. The van der Waals surface area contributed by atoms with Gasteiger partial charge in [-0.1, -0.05) is 23.3 Å². The van der Waals surface area contributed by atoms with Gasteiger partial charge in [-0.25, -0.2) is 0 Å². The molecule has 0 rings (SSSR count). The third-order valence-corrected chi connectivity index (χ3v) is 7.34. The monoisotopic (exact) mass is 690 g/mol. The summed E-state index contributed by atoms with van der Waals surface area (Å²) in [6.07, 6.45) is -13.4. The second-order valence-electron chi connectivity index (χ2n) is 12.2. The minimum atomic E-state index is -2.07. The third-order valence-electron chi connectivity index (χ3n) is 7.34. The van der Waals surface area contributed by atoms with Gasteiger partial charge < -0.3 is 86.4 Å². The molecule has 0 bridgehead atoms. The average Bonchev–Trinajstić information content (AvgIpc) is 3.03. The summed E-state index contributed by atoms with van der Waals surface area (Å²) in [5, 5.41) is 161. The maximum Gasteiger partial charge on any atom is 0.0928 e. The van der Waals surface area contributed by atoms with Gasteiger partial charge in [-0.05, 0) is 25.7 Å². The van der Waals surface area contributed by atoms with Gasteiger partial charge in [0.1, 0.15) is 0 Å². The summed E-state index contributed by atoms with van der Waals surface area (Å²) in [4.78, 5) is 0. The first-order valence-corrected chi connectivity index (χ1v) is 15.5. The van der Waals surface area contributed by atoms with Gasteiger partial charge in [-0.15, -0.1) is 0 Å². The summed E-state index contributed by atoms with van der Waals surface area (Å²) < 4.78 is 6.62. The van der Waals surface area contributed by atoms with E-state index in [0.717, 1.165) is 0 Å². The molecule has 0 aromatic heterocycles. The molecule has 0 heterocycles. The van der Waals surface area contributed by atoms with Crippen LogP contribution in [0.25, 0.3) is 0 Å². The fraction of sp³-hybridized carbons (Fsp3) is 0.867. The van der Waals surface area contributed by atoms with E-state index in [1.165, 1.54) is 12.2 Å². The molecule has 17 nitrogen and oxygen atoms in total. The number of aliphatic hydroxyl groups excluding tert-OH is 16. The largest absolute Gasteiger partial charge is 0.394 e. The Kier molecular flexibility index (Phi) is 23.4. The lowest BCUT2D eigenvalue weighted by Gasteiger charge is -2.45. The van der Waals surface area contributed by atoms with Crippen molar-refractivity contribution in [2.75, 3.05) is 52.9 Å². The first-order valence-electron chi connectivity index (χ1n) is 15.5. The maximum absolute atomic E-state index is 10.7. The summed E-state index contributed by atoms with van der Waals surface area (Å²) in [7, 11) is 0. The standard InChI is InChI=1S/C30H58O17/c31-11-21(39)1-19(2-22(40)12-32)5-29(7-25(43)15-35,8-26(44)16-36)47-30(9-27(45)17-37,10-28(46)18-38)6-20(3-23(41)13-33)4-24(42)14-34/h5-6,21-28,31-46H,1-4,7-18H2. The number of ether oxygens (including phenoxy) is 1. The Morgan fingerprint density at radius 3 is 0.723 bits per heavy atom. The van der Waals surface area contributed by atoms with Gasteiger partial charge in [0, 0.05) is 25.7 Å². The van der Waals surface area contributed by atoms with Crippen LogP contribution in [0.5, 0.6) is 0 Å². The van der Waals surface area contributed by atoms with E-state index in [4.69, 9.17) is 4.74 Å². The molecule has 0 aliphatic heterocycles. The molecule has 17 heteroatoms. The summed E-state index contributed by atoms with van der Waals surface area (Å²) in [5.74, 6) is 0. The molecule has 8 atom stereocenters. The molecule has 0 saturated heterocycles. The summed E-state index contributed by atoms with van der Waals surface area (Å²) in [6.45, 7) is -6.39. The van der Waals surface area contributed by atoms with Gasteiger partial charge in [0.25, 0.3) is 0 Å². The topological polar surface area (TPSA) is 333 Å². The van der Waals surface area contributed by atoms with Crippen LogP contribution in [0.15, 0.2) is 23.3 Å². The van der Waals surface area contributed by atoms with Crippen molar-refractivity contribution >= 4 is 0 Å². The number of rotatable bonds is 28. The molecule has 0 aromatic carbocycles. The molecule has 8 unspecified atom stereocenters. The van der Waals surface area contributed by atoms with Crippen LogP contribution in [0, 0.1) is 0 Å². The van der Waals surface area contributed by atoms with E-state index in [9.17, 15) is 81.7 Å². The van der Waals surface area contributed by atoms with E-state index in [0.29, 0.717) is 0 Å². The zero-order valence-electron chi connectivity index (χ0n) is 26.7. The van der Waals surface area contributed by atoms with E-state index >= 15 is 0 Å². The molecular weight excluding hydrogens is 632 g/mol. The summed E-state index contributed by atoms with van der Waals surface area (Å²) >= 11 is 0. The normalized spacial score (nSPS) is 19.7. The third kappa shape index (κ3) is 18.4. The fourth-order valence-electron chi connectivity index (χ4n) is 5.50. The van der Waals surface area contributed by atoms with Crippen molar-refractivity contribution in [1.29, 1.82) is 0 Å². The quantitative estimate of drug-likeness (QED) is 0.0340. The zero-order valence-corrected chi connectivity index (χ0v) is 26.7. The Bertz CT molecular complexity index is 751. The van der Waals surface area contributed by atoms with Crippen LogP contribution in [0.4, 0.5) is 0 Å². The lowest BCUT2D eigenvalue weighted by Crippen LogP contribution is -2.51. The summed E-state index contributed by atoms with van der Waals surface area (Å²) in [5.41, 5.74) is -3.95. The molecule has 0 aromatic rings. The molecule has 0 radical (unpaired) electrons. The first kappa shape index (κ1) is 45.8. The van der Waals surface area contributed by atoms with Gasteiger partial charge >= 0.3 is 0 Å². The molecule has 0 saturated carbocycles. The maximum atomic E-state index is 10.7. The highest BCUT2D eigenvalue weighted by atomic mass is 16.5. The van der Waals surface area contributed by atoms with E-state index in [1.807, 2.05) is 0 Å². The Labute approximate surface area is 274 Å². The van der Waals surface area contributed by atoms with Crippen molar-refractivity contribution in [3.8, 4) is 0 Å². The Morgan fingerprint density at radius 2 is 0.553 bits per heavy atom. The van der Waals surface area contributed by atoms with Crippen molar-refractivity contribution in [2.45, 2.75) is 111 Å². The second kappa shape index (κ2) is 24.0. The Balaban J connectivity index is 8.01. The lowest BCUT2D eigenvalue weighted by molar-refractivity contribution is -0.170. The highest BCUT2D eigenvalue weighted by Crippen LogP contribution is 2.40. The number of hydrogen-bond donors (Lipinski definition) is 16. The van der Waals surface area contributed by atoms with E-state index in [-0.39, 0.29) is 36.8 Å². The van der Waals surface area contributed by atoms with Crippen molar-refractivity contribution in [3.63, 3.8) is 0 Å². The van der Waals surface area contributed by atoms with Crippen LogP contribution in [0.1, 0.15) is 51.4 Å². The molecule has 0 amide bonds. The van der Waals surface area contributed by atoms with E-state index < -0.39 is 139 Å². The van der Waals surface area contributed by atoms with Gasteiger partial charge in [0.2, 0.25) is 0 Å². The van der Waals surface area contributed by atoms with E-state index in [1.54, 1.807) is 0 Å². The highest BCUT2D eigenvalue weighted by Gasteiger charge is 2.45. The van der Waals surface area contributed by atoms with Crippen LogP contribution in [0.2, 0.25) is 0 Å². The van der Waals surface area contributed by atoms with Crippen LogP contribution in [-0.2, 0) is 4.74 Å². The van der Waals surface area contributed by atoms with Crippen molar-refractivity contribution in [1.82, 2.24) is 0 Å². The van der Waals surface area contributed by atoms with E-state index in [2.05, 4.69) is 0 Å². The smallest absolute Gasteiger partial charge is 0.0928 e. The molecule has 0 fully saturated rings. The van der Waals surface area contributed by atoms with Crippen molar-refractivity contribution in [2.24, 2.45) is 0 Å². The molecule has 0 aliphatic rings. The predicted octanol–water partition coefficient (Wildman–Crippen LogP) is -5.72. The Hall–Kier alpha value is -1.20. The zero-order chi connectivity index (χ0) is 36.2. The second-order valence-corrected chi connectivity index (χ2v) is 12.2. The van der Waals surface area contributed by atoms with Gasteiger partial charge in [-0.2, -0.15) is 0 Å². The first-order chi connectivity index (χ1) is 22.1. The fourth-order valence-corrected chi connectivity index (χ4v) is 5.50. The highest BCUT2D eigenvalue weighted by molar-refractivity contribution is 5.20. The molecular formula is C30H58O17. The summed E-state index contributed by atoms with van der Waals surface area (Å²) in [6, 6.07) is 0. The average molecular weight is 691 g/mol. The van der Waals surface area contributed by atoms with Crippen LogP contribution < -0.4 is 0 Å². The Morgan fingerprint density at radius 1 is 0.362 bits per heavy atom. The molecule has 0 spiro atoms. The minimum absolute atomic E-state index is 0.0956. The number of aliphatic hydroxyl groups is 16. The van der Waals surface area contributed by atoms with Crippen molar-refractivity contribution in [3.05, 3.63) is 23.3 Å².